The first kappa shape index (κ1) is 25.1. The van der Waals surface area contributed by atoms with Crippen LogP contribution >= 0.6 is 12.4 Å². The maximum Gasteiger partial charge on any atom is 0.252 e. The zero-order valence-electron chi connectivity index (χ0n) is 15.2. The molecule has 2 aromatic rings. The summed E-state index contributed by atoms with van der Waals surface area (Å²) in [5.41, 5.74) is 0.656. The topological polar surface area (TPSA) is 156 Å². The summed E-state index contributed by atoms with van der Waals surface area (Å²) in [7, 11) is 0. The Hall–Kier alpha value is -2.91. The second kappa shape index (κ2) is 13.3. The largest absolute Gasteiger partial charge is 0.506 e. The molecule has 2 amide bonds. The molecular weight excluding hydrogens is 388 g/mol. The molecule has 0 aliphatic rings. The standard InChI is InChI=1S/C18H22N4O4.ClH.H2O/c23-15-7-13(9-19-11-15)17(25)21-5-3-1-2-4-6-22-18(26)14-8-16(24)12-20-10-14;;/h7-12,23-24H,1-6H2,(H,21,25)(H,22,26);1H;1H2. The van der Waals surface area contributed by atoms with E-state index in [0.717, 1.165) is 25.7 Å². The van der Waals surface area contributed by atoms with E-state index in [1.807, 2.05) is 0 Å². The van der Waals surface area contributed by atoms with E-state index in [9.17, 15) is 19.8 Å². The second-order valence-electron chi connectivity index (χ2n) is 5.79. The van der Waals surface area contributed by atoms with Crippen molar-refractivity contribution in [3.05, 3.63) is 48.0 Å². The Morgan fingerprint density at radius 2 is 1.14 bits per heavy atom. The van der Waals surface area contributed by atoms with Gasteiger partial charge >= 0.3 is 0 Å². The summed E-state index contributed by atoms with van der Waals surface area (Å²) in [6, 6.07) is 2.74. The number of carbonyl (C=O) groups excluding carboxylic acids is 2. The van der Waals surface area contributed by atoms with Crippen molar-refractivity contribution >= 4 is 24.2 Å². The van der Waals surface area contributed by atoms with Gasteiger partial charge in [0.1, 0.15) is 11.5 Å². The van der Waals surface area contributed by atoms with Gasteiger partial charge in [-0.3, -0.25) is 19.6 Å². The van der Waals surface area contributed by atoms with Crippen molar-refractivity contribution in [2.24, 2.45) is 0 Å². The Morgan fingerprint density at radius 1 is 0.750 bits per heavy atom. The smallest absolute Gasteiger partial charge is 0.252 e. The predicted octanol–water partition coefficient (Wildman–Crippen LogP) is 1.21. The van der Waals surface area contributed by atoms with Crippen molar-refractivity contribution < 1.29 is 25.3 Å². The molecule has 2 rings (SSSR count). The van der Waals surface area contributed by atoms with Crippen molar-refractivity contribution in [2.75, 3.05) is 13.1 Å². The molecule has 0 radical (unpaired) electrons. The molecule has 9 nitrogen and oxygen atoms in total. The third-order valence-electron chi connectivity index (χ3n) is 3.65. The fraction of sp³-hybridized carbons (Fsp3) is 0.333. The summed E-state index contributed by atoms with van der Waals surface area (Å²) < 4.78 is 0. The van der Waals surface area contributed by atoms with Crippen LogP contribution in [0.2, 0.25) is 0 Å². The van der Waals surface area contributed by atoms with Crippen LogP contribution in [0.3, 0.4) is 0 Å². The van der Waals surface area contributed by atoms with Crippen LogP contribution in [0.4, 0.5) is 0 Å². The lowest BCUT2D eigenvalue weighted by Crippen LogP contribution is -2.25. The minimum absolute atomic E-state index is 0. The first-order valence-electron chi connectivity index (χ1n) is 8.40. The number of carbonyl (C=O) groups is 2. The summed E-state index contributed by atoms with van der Waals surface area (Å²) in [6.07, 6.45) is 8.83. The molecule has 0 aromatic carbocycles. The molecule has 0 aliphatic heterocycles. The van der Waals surface area contributed by atoms with Crippen molar-refractivity contribution in [1.29, 1.82) is 0 Å². The molecule has 0 fully saturated rings. The minimum atomic E-state index is -0.264. The molecule has 2 heterocycles. The lowest BCUT2D eigenvalue weighted by atomic mass is 10.2. The maximum absolute atomic E-state index is 11.8. The zero-order valence-corrected chi connectivity index (χ0v) is 16.0. The molecule has 6 N–H and O–H groups in total. The van der Waals surface area contributed by atoms with Gasteiger partial charge in [0.2, 0.25) is 0 Å². The summed E-state index contributed by atoms with van der Waals surface area (Å²) in [6.45, 7) is 1.08. The number of unbranched alkanes of at least 4 members (excludes halogenated alkanes) is 3. The number of aromatic nitrogens is 2. The molecule has 0 saturated carbocycles. The van der Waals surface area contributed by atoms with Crippen LogP contribution in [0.1, 0.15) is 46.4 Å². The van der Waals surface area contributed by atoms with Gasteiger partial charge < -0.3 is 26.3 Å². The number of amides is 2. The monoisotopic (exact) mass is 412 g/mol. The molecule has 0 saturated heterocycles. The zero-order chi connectivity index (χ0) is 18.8. The van der Waals surface area contributed by atoms with Gasteiger partial charge in [0.15, 0.2) is 0 Å². The van der Waals surface area contributed by atoms with Crippen LogP contribution in [0, 0.1) is 0 Å². The van der Waals surface area contributed by atoms with Crippen LogP contribution in [-0.4, -0.2) is 50.6 Å². The molecule has 0 atom stereocenters. The molecule has 0 bridgehead atoms. The number of nitrogens with one attached hydrogen (secondary N) is 2. The highest BCUT2D eigenvalue weighted by Crippen LogP contribution is 2.09. The normalized spacial score (nSPS) is 9.57. The van der Waals surface area contributed by atoms with E-state index >= 15 is 0 Å². The number of aromatic hydroxyl groups is 2. The van der Waals surface area contributed by atoms with Crippen molar-refractivity contribution in [3.63, 3.8) is 0 Å². The van der Waals surface area contributed by atoms with E-state index in [-0.39, 0.29) is 41.2 Å². The molecular formula is C18H25ClN4O5. The van der Waals surface area contributed by atoms with E-state index in [1.54, 1.807) is 0 Å². The van der Waals surface area contributed by atoms with Crippen LogP contribution in [0.25, 0.3) is 0 Å². The number of hydrogen-bond acceptors (Lipinski definition) is 6. The van der Waals surface area contributed by atoms with Gasteiger partial charge in [-0.1, -0.05) is 12.8 Å². The van der Waals surface area contributed by atoms with Gasteiger partial charge in [-0.25, -0.2) is 0 Å². The Balaban J connectivity index is 0.00000364. The highest BCUT2D eigenvalue weighted by Gasteiger charge is 2.07. The first-order chi connectivity index (χ1) is 12.6. The molecule has 0 aliphatic carbocycles. The van der Waals surface area contributed by atoms with Crippen LogP contribution in [-0.2, 0) is 0 Å². The first-order valence-corrected chi connectivity index (χ1v) is 8.40. The third kappa shape index (κ3) is 8.65. The Labute approximate surface area is 168 Å². The summed E-state index contributed by atoms with van der Waals surface area (Å²) in [5, 5.41) is 24.1. The number of nitrogens with zero attached hydrogens (tertiary/aromatic N) is 2. The second-order valence-corrected chi connectivity index (χ2v) is 5.79. The number of pyridine rings is 2. The van der Waals surface area contributed by atoms with Gasteiger partial charge in [-0.05, 0) is 25.0 Å². The van der Waals surface area contributed by atoms with Crippen molar-refractivity contribution in [1.82, 2.24) is 20.6 Å². The lowest BCUT2D eigenvalue weighted by molar-refractivity contribution is 0.0942. The lowest BCUT2D eigenvalue weighted by Gasteiger charge is -2.06. The average molecular weight is 413 g/mol. The van der Waals surface area contributed by atoms with Crippen LogP contribution in [0.15, 0.2) is 36.9 Å². The Morgan fingerprint density at radius 3 is 1.50 bits per heavy atom. The highest BCUT2D eigenvalue weighted by atomic mass is 35.5. The predicted molar refractivity (Wildman–Crippen MR) is 106 cm³/mol. The molecule has 154 valence electrons. The number of hydrogen-bond donors (Lipinski definition) is 4. The van der Waals surface area contributed by atoms with E-state index in [1.165, 1.54) is 36.9 Å². The molecule has 28 heavy (non-hydrogen) atoms. The maximum atomic E-state index is 11.8. The van der Waals surface area contributed by atoms with E-state index in [0.29, 0.717) is 24.2 Å². The van der Waals surface area contributed by atoms with E-state index < -0.39 is 0 Å². The molecule has 0 spiro atoms. The quantitative estimate of drug-likeness (QED) is 0.453. The van der Waals surface area contributed by atoms with E-state index in [4.69, 9.17) is 0 Å². The molecule has 2 aromatic heterocycles. The minimum Gasteiger partial charge on any atom is -0.506 e. The van der Waals surface area contributed by atoms with E-state index in [2.05, 4.69) is 20.6 Å². The fourth-order valence-electron chi connectivity index (χ4n) is 2.32. The Bertz CT molecular complexity index is 697. The van der Waals surface area contributed by atoms with Gasteiger partial charge in [0, 0.05) is 25.5 Å². The number of halogens is 1. The van der Waals surface area contributed by atoms with Gasteiger partial charge in [0.05, 0.1) is 23.5 Å². The highest BCUT2D eigenvalue weighted by molar-refractivity contribution is 5.94. The van der Waals surface area contributed by atoms with Crippen molar-refractivity contribution in [2.45, 2.75) is 25.7 Å². The summed E-state index contributed by atoms with van der Waals surface area (Å²) in [4.78, 5) is 31.2. The number of rotatable bonds is 9. The molecule has 0 unspecified atom stereocenters. The summed E-state index contributed by atoms with van der Waals surface area (Å²) in [5.74, 6) is -0.608. The van der Waals surface area contributed by atoms with Crippen molar-refractivity contribution in [3.8, 4) is 11.5 Å². The average Bonchev–Trinajstić information content (AvgIpc) is 2.63. The van der Waals surface area contributed by atoms with Gasteiger partial charge in [0.25, 0.3) is 11.8 Å². The summed E-state index contributed by atoms with van der Waals surface area (Å²) >= 11 is 0. The Kier molecular flexibility index (Phi) is 11.9. The fourth-order valence-corrected chi connectivity index (χ4v) is 2.32. The van der Waals surface area contributed by atoms with Gasteiger partial charge in [-0.15, -0.1) is 12.4 Å². The SMILES string of the molecule is Cl.O.O=C(NCCCCCCNC(=O)c1cncc(O)c1)c1cncc(O)c1. The molecule has 10 heteroatoms. The van der Waals surface area contributed by atoms with Crippen LogP contribution < -0.4 is 10.6 Å². The van der Waals surface area contributed by atoms with Crippen LogP contribution in [0.5, 0.6) is 11.5 Å². The van der Waals surface area contributed by atoms with Gasteiger partial charge in [-0.2, -0.15) is 0 Å². The third-order valence-corrected chi connectivity index (χ3v) is 3.65.